The van der Waals surface area contributed by atoms with Crippen LogP contribution in [0.5, 0.6) is 0 Å². The highest BCUT2D eigenvalue weighted by molar-refractivity contribution is 5.93. The van der Waals surface area contributed by atoms with E-state index in [1.165, 1.54) is 0 Å². The molecule has 2 N–H and O–H groups in total. The molecule has 0 saturated carbocycles. The number of anilines is 1. The van der Waals surface area contributed by atoms with Crippen LogP contribution in [0.25, 0.3) is 0 Å². The van der Waals surface area contributed by atoms with E-state index in [2.05, 4.69) is 0 Å². The fourth-order valence-corrected chi connectivity index (χ4v) is 2.26. The van der Waals surface area contributed by atoms with Gasteiger partial charge in [-0.05, 0) is 18.9 Å². The molecule has 5 heteroatoms. The lowest BCUT2D eigenvalue weighted by Gasteiger charge is -2.31. The number of rotatable bonds is 2. The predicted molar refractivity (Wildman–Crippen MR) is 65.8 cm³/mol. The lowest BCUT2D eigenvalue weighted by atomic mass is 10.1. The van der Waals surface area contributed by atoms with Crippen LogP contribution in [0.4, 0.5) is 5.69 Å². The van der Waals surface area contributed by atoms with E-state index in [1.807, 2.05) is 11.9 Å². The average molecular weight is 237 g/mol. The first-order valence-corrected chi connectivity index (χ1v) is 5.85. The Hall–Kier alpha value is -1.49. The highest BCUT2D eigenvalue weighted by atomic mass is 16.5. The molecule has 0 bridgehead atoms. The largest absolute Gasteiger partial charge is 0.397 e. The Labute approximate surface area is 101 Å². The molecule has 1 fully saturated rings. The van der Waals surface area contributed by atoms with Gasteiger partial charge in [-0.15, -0.1) is 0 Å². The molecule has 1 aliphatic rings. The zero-order chi connectivity index (χ0) is 12.4. The molecule has 1 aromatic heterocycles. The molecule has 0 spiro atoms. The van der Waals surface area contributed by atoms with E-state index in [0.717, 1.165) is 25.9 Å². The number of aryl methyl sites for hydroxylation is 1. The van der Waals surface area contributed by atoms with E-state index in [-0.39, 0.29) is 12.0 Å². The number of nitrogens with two attached hydrogens (primary N) is 1. The predicted octanol–water partition coefficient (Wildman–Crippen LogP) is 0.858. The van der Waals surface area contributed by atoms with Crippen LogP contribution in [0.1, 0.15) is 23.3 Å². The van der Waals surface area contributed by atoms with Crippen LogP contribution in [0, 0.1) is 0 Å². The second-order valence-corrected chi connectivity index (χ2v) is 4.50. The van der Waals surface area contributed by atoms with Crippen molar-refractivity contribution in [1.29, 1.82) is 0 Å². The monoisotopic (exact) mass is 237 g/mol. The molecule has 17 heavy (non-hydrogen) atoms. The minimum absolute atomic E-state index is 0.0544. The van der Waals surface area contributed by atoms with Crippen LogP contribution in [-0.4, -0.2) is 41.7 Å². The topological polar surface area (TPSA) is 60.5 Å². The van der Waals surface area contributed by atoms with Gasteiger partial charge in [0.05, 0.1) is 11.8 Å². The third kappa shape index (κ3) is 2.44. The van der Waals surface area contributed by atoms with Crippen LogP contribution in [0.2, 0.25) is 0 Å². The normalized spacial score (nSPS) is 17.4. The van der Waals surface area contributed by atoms with Crippen molar-refractivity contribution in [3.05, 3.63) is 18.0 Å². The first-order valence-electron chi connectivity index (χ1n) is 5.85. The van der Waals surface area contributed by atoms with Gasteiger partial charge in [-0.25, -0.2) is 0 Å². The summed E-state index contributed by atoms with van der Waals surface area (Å²) in [7, 11) is 3.56. The second-order valence-electron chi connectivity index (χ2n) is 4.50. The Balaban J connectivity index is 2.04. The molecule has 2 rings (SSSR count). The summed E-state index contributed by atoms with van der Waals surface area (Å²) >= 11 is 0. The number of aromatic nitrogens is 1. The maximum atomic E-state index is 12.2. The number of methoxy groups -OCH3 is 1. The molecule has 1 saturated heterocycles. The van der Waals surface area contributed by atoms with Crippen molar-refractivity contribution in [2.75, 3.05) is 25.9 Å². The number of piperidine rings is 1. The molecule has 2 heterocycles. The lowest BCUT2D eigenvalue weighted by molar-refractivity contribution is 0.0346. The molecular formula is C12H19N3O2. The standard InChI is InChI=1S/C12H19N3O2/c1-14-8-9(13)7-11(14)12(16)15-5-3-10(17-2)4-6-15/h7-8,10H,3-6,13H2,1-2H3. The maximum absolute atomic E-state index is 12.2. The molecule has 0 atom stereocenters. The quantitative estimate of drug-likeness (QED) is 0.829. The summed E-state index contributed by atoms with van der Waals surface area (Å²) in [5.74, 6) is 0.0544. The fraction of sp³-hybridized carbons (Fsp3) is 0.583. The number of hydrogen-bond acceptors (Lipinski definition) is 3. The molecule has 1 aromatic rings. The Kier molecular flexibility index (Phi) is 3.38. The fourth-order valence-electron chi connectivity index (χ4n) is 2.26. The lowest BCUT2D eigenvalue weighted by Crippen LogP contribution is -2.41. The number of nitrogens with zero attached hydrogens (tertiary/aromatic N) is 2. The van der Waals surface area contributed by atoms with Crippen molar-refractivity contribution in [2.45, 2.75) is 18.9 Å². The highest BCUT2D eigenvalue weighted by Gasteiger charge is 2.24. The van der Waals surface area contributed by atoms with Crippen molar-refractivity contribution in [3.63, 3.8) is 0 Å². The van der Waals surface area contributed by atoms with Gasteiger partial charge in [0, 0.05) is 33.4 Å². The Morgan fingerprint density at radius 3 is 2.59 bits per heavy atom. The van der Waals surface area contributed by atoms with Crippen LogP contribution < -0.4 is 5.73 Å². The molecule has 1 amide bonds. The summed E-state index contributed by atoms with van der Waals surface area (Å²) in [6.07, 6.45) is 3.86. The smallest absolute Gasteiger partial charge is 0.270 e. The summed E-state index contributed by atoms with van der Waals surface area (Å²) in [5.41, 5.74) is 6.96. The summed E-state index contributed by atoms with van der Waals surface area (Å²) in [5, 5.41) is 0. The zero-order valence-electron chi connectivity index (χ0n) is 10.3. The summed E-state index contributed by atoms with van der Waals surface area (Å²) in [6.45, 7) is 1.50. The summed E-state index contributed by atoms with van der Waals surface area (Å²) in [6, 6.07) is 1.73. The van der Waals surface area contributed by atoms with Crippen LogP contribution in [0.3, 0.4) is 0 Å². The van der Waals surface area contributed by atoms with Gasteiger partial charge in [-0.2, -0.15) is 0 Å². The van der Waals surface area contributed by atoms with Crippen molar-refractivity contribution in [1.82, 2.24) is 9.47 Å². The second kappa shape index (κ2) is 4.79. The molecular weight excluding hydrogens is 218 g/mol. The Bertz CT molecular complexity index is 406. The van der Waals surface area contributed by atoms with Crippen molar-refractivity contribution >= 4 is 11.6 Å². The molecule has 0 unspecified atom stereocenters. The third-order valence-electron chi connectivity index (χ3n) is 3.31. The van der Waals surface area contributed by atoms with Crippen LogP contribution in [-0.2, 0) is 11.8 Å². The van der Waals surface area contributed by atoms with E-state index in [4.69, 9.17) is 10.5 Å². The number of ether oxygens (including phenoxy) is 1. The first kappa shape index (κ1) is 12.0. The van der Waals surface area contributed by atoms with Crippen LogP contribution in [0.15, 0.2) is 12.3 Å². The minimum atomic E-state index is 0.0544. The van der Waals surface area contributed by atoms with Gasteiger partial charge in [0.15, 0.2) is 0 Å². The SMILES string of the molecule is COC1CCN(C(=O)c2cc(N)cn2C)CC1. The maximum Gasteiger partial charge on any atom is 0.270 e. The Morgan fingerprint density at radius 2 is 2.12 bits per heavy atom. The van der Waals surface area contributed by atoms with E-state index in [9.17, 15) is 4.79 Å². The number of likely N-dealkylation sites (tertiary alicyclic amines) is 1. The number of carbonyl (C=O) groups excluding carboxylic acids is 1. The Morgan fingerprint density at radius 1 is 1.47 bits per heavy atom. The van der Waals surface area contributed by atoms with E-state index >= 15 is 0 Å². The molecule has 94 valence electrons. The number of amides is 1. The zero-order valence-corrected chi connectivity index (χ0v) is 10.3. The average Bonchev–Trinajstić information content (AvgIpc) is 2.68. The van der Waals surface area contributed by atoms with E-state index in [1.54, 1.807) is 23.9 Å². The molecule has 5 nitrogen and oxygen atoms in total. The van der Waals surface area contributed by atoms with Crippen molar-refractivity contribution in [3.8, 4) is 0 Å². The van der Waals surface area contributed by atoms with Gasteiger partial charge >= 0.3 is 0 Å². The number of hydrogen-bond donors (Lipinski definition) is 1. The van der Waals surface area contributed by atoms with Crippen LogP contribution >= 0.6 is 0 Å². The highest BCUT2D eigenvalue weighted by Crippen LogP contribution is 2.17. The molecule has 0 radical (unpaired) electrons. The van der Waals surface area contributed by atoms with Crippen molar-refractivity contribution in [2.24, 2.45) is 7.05 Å². The number of carbonyl (C=O) groups is 1. The first-order chi connectivity index (χ1) is 8.11. The van der Waals surface area contributed by atoms with Gasteiger partial charge in [0.2, 0.25) is 0 Å². The molecule has 0 aromatic carbocycles. The van der Waals surface area contributed by atoms with Gasteiger partial charge in [-0.1, -0.05) is 0 Å². The third-order valence-corrected chi connectivity index (χ3v) is 3.31. The van der Waals surface area contributed by atoms with E-state index in [0.29, 0.717) is 11.4 Å². The number of nitrogen functional groups attached to an aromatic ring is 1. The molecule has 0 aliphatic carbocycles. The van der Waals surface area contributed by atoms with Gasteiger partial charge in [-0.3, -0.25) is 4.79 Å². The molecule has 1 aliphatic heterocycles. The summed E-state index contributed by atoms with van der Waals surface area (Å²) < 4.78 is 7.07. The summed E-state index contributed by atoms with van der Waals surface area (Å²) in [4.78, 5) is 14.1. The van der Waals surface area contributed by atoms with Gasteiger partial charge in [0.1, 0.15) is 5.69 Å². The van der Waals surface area contributed by atoms with Gasteiger partial charge in [0.25, 0.3) is 5.91 Å². The van der Waals surface area contributed by atoms with E-state index < -0.39 is 0 Å². The minimum Gasteiger partial charge on any atom is -0.397 e. The van der Waals surface area contributed by atoms with Crippen molar-refractivity contribution < 1.29 is 9.53 Å². The van der Waals surface area contributed by atoms with Gasteiger partial charge < -0.3 is 19.9 Å².